The number of aromatic nitrogens is 2. The van der Waals surface area contributed by atoms with Crippen LogP contribution in [0.5, 0.6) is 5.75 Å². The number of benzene rings is 2. The highest BCUT2D eigenvalue weighted by molar-refractivity contribution is 5.95. The summed E-state index contributed by atoms with van der Waals surface area (Å²) in [7, 11) is 2.17. The van der Waals surface area contributed by atoms with Gasteiger partial charge in [0.25, 0.3) is 0 Å². The van der Waals surface area contributed by atoms with E-state index >= 15 is 0 Å². The summed E-state index contributed by atoms with van der Waals surface area (Å²) in [4.78, 5) is 23.4. The van der Waals surface area contributed by atoms with Crippen LogP contribution in [0.15, 0.2) is 67.0 Å². The number of nitrogens with one attached hydrogen (secondary N) is 1. The van der Waals surface area contributed by atoms with E-state index in [9.17, 15) is 4.79 Å². The van der Waals surface area contributed by atoms with Crippen molar-refractivity contribution in [3.63, 3.8) is 0 Å². The fourth-order valence-electron chi connectivity index (χ4n) is 4.32. The number of H-pyrrole nitrogens is 1. The molecule has 174 valence electrons. The van der Waals surface area contributed by atoms with Crippen molar-refractivity contribution in [3.05, 3.63) is 67.0 Å². The average molecular weight is 457 g/mol. The number of rotatable bonds is 7. The summed E-state index contributed by atoms with van der Waals surface area (Å²) < 4.78 is 5.51. The Morgan fingerprint density at radius 1 is 1.00 bits per heavy atom. The van der Waals surface area contributed by atoms with E-state index in [1.807, 2.05) is 36.7 Å². The van der Waals surface area contributed by atoms with E-state index in [4.69, 9.17) is 9.84 Å². The highest BCUT2D eigenvalue weighted by Gasteiger charge is 2.15. The monoisotopic (exact) mass is 456 g/mol. The predicted octanol–water partition coefficient (Wildman–Crippen LogP) is 4.50. The normalized spacial score (nSPS) is 14.4. The SMILES string of the molecule is CN1CCN(c2ccc(-c3cnc4[nH]cc(-c5ccc(OCCC(=O)O)cc5)c4c3)cc2)CC1. The quantitative estimate of drug-likeness (QED) is 0.426. The fraction of sp³-hybridized carbons (Fsp3) is 0.259. The molecule has 0 amide bonds. The van der Waals surface area contributed by atoms with Crippen LogP contribution < -0.4 is 9.64 Å². The first-order chi connectivity index (χ1) is 16.6. The maximum Gasteiger partial charge on any atom is 0.306 e. The summed E-state index contributed by atoms with van der Waals surface area (Å²) in [6.07, 6.45) is 3.86. The van der Waals surface area contributed by atoms with Crippen molar-refractivity contribution in [3.8, 4) is 28.0 Å². The van der Waals surface area contributed by atoms with Crippen LogP contribution in [0.2, 0.25) is 0 Å². The molecule has 0 radical (unpaired) electrons. The first kappa shape index (κ1) is 22.0. The number of likely N-dealkylation sites (N-methyl/N-ethyl adjacent to an activating group) is 1. The Balaban J connectivity index is 1.35. The van der Waals surface area contributed by atoms with Crippen molar-refractivity contribution in [2.24, 2.45) is 0 Å². The van der Waals surface area contributed by atoms with Crippen molar-refractivity contribution in [2.45, 2.75) is 6.42 Å². The zero-order valence-corrected chi connectivity index (χ0v) is 19.2. The molecule has 2 aromatic carbocycles. The van der Waals surface area contributed by atoms with Gasteiger partial charge >= 0.3 is 5.97 Å². The van der Waals surface area contributed by atoms with Crippen LogP contribution in [0.1, 0.15) is 6.42 Å². The molecule has 0 aliphatic carbocycles. The van der Waals surface area contributed by atoms with Crippen LogP contribution in [0.3, 0.4) is 0 Å². The number of anilines is 1. The summed E-state index contributed by atoms with van der Waals surface area (Å²) in [6, 6.07) is 18.6. The number of nitrogens with zero attached hydrogens (tertiary/aromatic N) is 3. The molecule has 1 fully saturated rings. The lowest BCUT2D eigenvalue weighted by molar-refractivity contribution is -0.137. The second-order valence-corrected chi connectivity index (χ2v) is 8.68. The highest BCUT2D eigenvalue weighted by atomic mass is 16.5. The minimum atomic E-state index is -0.868. The molecule has 34 heavy (non-hydrogen) atoms. The molecule has 3 heterocycles. The largest absolute Gasteiger partial charge is 0.493 e. The Morgan fingerprint density at radius 2 is 1.71 bits per heavy atom. The van der Waals surface area contributed by atoms with Gasteiger partial charge in [-0.3, -0.25) is 4.79 Å². The molecule has 0 unspecified atom stereocenters. The van der Waals surface area contributed by atoms with Crippen LogP contribution in [0.25, 0.3) is 33.3 Å². The molecular weight excluding hydrogens is 428 g/mol. The van der Waals surface area contributed by atoms with Crippen LogP contribution in [0.4, 0.5) is 5.69 Å². The number of aliphatic carboxylic acids is 1. The summed E-state index contributed by atoms with van der Waals surface area (Å²) >= 11 is 0. The maximum absolute atomic E-state index is 10.7. The Hall–Kier alpha value is -3.84. The van der Waals surface area contributed by atoms with Gasteiger partial charge in [-0.1, -0.05) is 24.3 Å². The van der Waals surface area contributed by atoms with Crippen LogP contribution in [-0.2, 0) is 4.79 Å². The van der Waals surface area contributed by atoms with Gasteiger partial charge in [0.2, 0.25) is 0 Å². The molecule has 0 saturated carbocycles. The summed E-state index contributed by atoms with van der Waals surface area (Å²) in [5, 5.41) is 9.81. The van der Waals surface area contributed by atoms with Gasteiger partial charge < -0.3 is 24.6 Å². The van der Waals surface area contributed by atoms with E-state index < -0.39 is 5.97 Å². The molecular formula is C27H28N4O3. The molecule has 0 spiro atoms. The van der Waals surface area contributed by atoms with Crippen molar-refractivity contribution < 1.29 is 14.6 Å². The summed E-state index contributed by atoms with van der Waals surface area (Å²) in [6.45, 7) is 4.45. The molecule has 0 atom stereocenters. The Labute approximate surface area is 198 Å². The lowest BCUT2D eigenvalue weighted by Gasteiger charge is -2.34. The number of hydrogen-bond donors (Lipinski definition) is 2. The van der Waals surface area contributed by atoms with Crippen molar-refractivity contribution in [1.82, 2.24) is 14.9 Å². The van der Waals surface area contributed by atoms with Crippen molar-refractivity contribution in [1.29, 1.82) is 0 Å². The van der Waals surface area contributed by atoms with Crippen LogP contribution in [0, 0.1) is 0 Å². The van der Waals surface area contributed by atoms with E-state index in [-0.39, 0.29) is 13.0 Å². The van der Waals surface area contributed by atoms with E-state index in [0.29, 0.717) is 5.75 Å². The average Bonchev–Trinajstić information content (AvgIpc) is 3.28. The van der Waals surface area contributed by atoms with Gasteiger partial charge in [0.1, 0.15) is 11.4 Å². The topological polar surface area (TPSA) is 81.7 Å². The lowest BCUT2D eigenvalue weighted by atomic mass is 10.0. The smallest absolute Gasteiger partial charge is 0.306 e. The maximum atomic E-state index is 10.7. The van der Waals surface area contributed by atoms with Crippen molar-refractivity contribution in [2.75, 3.05) is 44.7 Å². The minimum Gasteiger partial charge on any atom is -0.493 e. The number of fused-ring (bicyclic) bond motifs is 1. The molecule has 7 heteroatoms. The minimum absolute atomic E-state index is 0.0188. The molecule has 5 rings (SSSR count). The number of carbonyl (C=O) groups is 1. The Bertz CT molecular complexity index is 1270. The van der Waals surface area contributed by atoms with Gasteiger partial charge in [0.05, 0.1) is 13.0 Å². The number of piperazine rings is 1. The standard InChI is InChI=1S/C27H28N4O3/c1-30-11-13-31(14-12-30)22-6-2-19(3-7-22)21-16-24-25(18-29-27(24)28-17-21)20-4-8-23(9-5-20)34-15-10-26(32)33/h2-9,16-18H,10-15H2,1H3,(H,28,29)(H,32,33). The third kappa shape index (κ3) is 4.75. The van der Waals surface area contributed by atoms with Gasteiger partial charge in [-0.15, -0.1) is 0 Å². The molecule has 1 aliphatic heterocycles. The van der Waals surface area contributed by atoms with Gasteiger partial charge in [0.15, 0.2) is 0 Å². The molecule has 4 aromatic rings. The Morgan fingerprint density at radius 3 is 2.41 bits per heavy atom. The van der Waals surface area contributed by atoms with E-state index in [1.54, 1.807) is 0 Å². The fourth-order valence-corrected chi connectivity index (χ4v) is 4.32. The zero-order chi connectivity index (χ0) is 23.5. The van der Waals surface area contributed by atoms with Gasteiger partial charge in [0, 0.05) is 60.8 Å². The number of carboxylic acids is 1. The third-order valence-corrected chi connectivity index (χ3v) is 6.35. The van der Waals surface area contributed by atoms with Crippen molar-refractivity contribution >= 4 is 22.7 Å². The van der Waals surface area contributed by atoms with Gasteiger partial charge in [-0.05, 0) is 48.5 Å². The zero-order valence-electron chi connectivity index (χ0n) is 19.2. The summed E-state index contributed by atoms with van der Waals surface area (Å²) in [5.41, 5.74) is 6.43. The number of aromatic amines is 1. The highest BCUT2D eigenvalue weighted by Crippen LogP contribution is 2.32. The first-order valence-corrected chi connectivity index (χ1v) is 11.5. The number of carboxylic acid groups (broad SMARTS) is 1. The molecule has 1 saturated heterocycles. The predicted molar refractivity (Wildman–Crippen MR) is 134 cm³/mol. The molecule has 1 aliphatic rings. The van der Waals surface area contributed by atoms with Gasteiger partial charge in [-0.2, -0.15) is 0 Å². The molecule has 2 aromatic heterocycles. The first-order valence-electron chi connectivity index (χ1n) is 11.5. The molecule has 0 bridgehead atoms. The third-order valence-electron chi connectivity index (χ3n) is 6.35. The molecule has 7 nitrogen and oxygen atoms in total. The van der Waals surface area contributed by atoms with E-state index in [2.05, 4.69) is 57.1 Å². The number of hydrogen-bond acceptors (Lipinski definition) is 5. The second kappa shape index (κ2) is 9.57. The second-order valence-electron chi connectivity index (χ2n) is 8.68. The molecule has 2 N–H and O–H groups in total. The number of ether oxygens (including phenoxy) is 1. The van der Waals surface area contributed by atoms with Crippen LogP contribution in [-0.4, -0.2) is 65.8 Å². The van der Waals surface area contributed by atoms with E-state index in [1.165, 1.54) is 5.69 Å². The van der Waals surface area contributed by atoms with E-state index in [0.717, 1.165) is 59.5 Å². The number of pyridine rings is 1. The van der Waals surface area contributed by atoms with Gasteiger partial charge in [-0.25, -0.2) is 4.98 Å². The Kier molecular flexibility index (Phi) is 6.18. The lowest BCUT2D eigenvalue weighted by Crippen LogP contribution is -2.44. The summed E-state index contributed by atoms with van der Waals surface area (Å²) in [5.74, 6) is -0.211. The van der Waals surface area contributed by atoms with Crippen LogP contribution >= 0.6 is 0 Å².